The van der Waals surface area contributed by atoms with Gasteiger partial charge in [0.2, 0.25) is 17.8 Å². The van der Waals surface area contributed by atoms with Gasteiger partial charge in [-0.1, -0.05) is 11.6 Å². The van der Waals surface area contributed by atoms with Crippen molar-refractivity contribution in [3.8, 4) is 0 Å². The first kappa shape index (κ1) is 20.7. The van der Waals surface area contributed by atoms with Gasteiger partial charge in [-0.2, -0.15) is 4.98 Å². The largest absolute Gasteiger partial charge is 0.369 e. The summed E-state index contributed by atoms with van der Waals surface area (Å²) < 4.78 is 26.8. The summed E-state index contributed by atoms with van der Waals surface area (Å²) in [5.41, 5.74) is 4.90. The fourth-order valence-corrected chi connectivity index (χ4v) is 3.27. The van der Waals surface area contributed by atoms with Gasteiger partial charge in [0.05, 0.1) is 10.7 Å². The van der Waals surface area contributed by atoms with E-state index in [0.717, 1.165) is 0 Å². The van der Waals surface area contributed by atoms with Gasteiger partial charge in [0, 0.05) is 18.0 Å². The van der Waals surface area contributed by atoms with Crippen LogP contribution < -0.4 is 16.0 Å². The number of benzene rings is 2. The van der Waals surface area contributed by atoms with Crippen LogP contribution in [0, 0.1) is 17.0 Å². The number of rotatable bonds is 6. The lowest BCUT2D eigenvalue weighted by atomic mass is 10.0. The first-order chi connectivity index (χ1) is 14.8. The van der Waals surface area contributed by atoms with Crippen molar-refractivity contribution in [3.05, 3.63) is 71.4 Å². The van der Waals surface area contributed by atoms with Crippen LogP contribution >= 0.6 is 11.6 Å². The number of anilines is 4. The third-order valence-electron chi connectivity index (χ3n) is 4.96. The lowest BCUT2D eigenvalue weighted by molar-refractivity contribution is -0.133. The van der Waals surface area contributed by atoms with E-state index in [1.165, 1.54) is 59.6 Å². The summed E-state index contributed by atoms with van der Waals surface area (Å²) >= 11 is 5.80. The van der Waals surface area contributed by atoms with Crippen molar-refractivity contribution in [1.82, 2.24) is 9.97 Å². The van der Waals surface area contributed by atoms with Crippen LogP contribution in [-0.4, -0.2) is 21.8 Å². The van der Waals surface area contributed by atoms with Crippen LogP contribution in [0.3, 0.4) is 0 Å². The summed E-state index contributed by atoms with van der Waals surface area (Å²) in [4.78, 5) is 34.9. The SMILES string of the molecule is NC(=O)C1(C(=O)N(c2ccc(F)cc2)c2ccnc(Nc3ccc(F)c(Cl)c3)n2)CC1. The van der Waals surface area contributed by atoms with Crippen molar-refractivity contribution in [2.75, 3.05) is 10.2 Å². The van der Waals surface area contributed by atoms with E-state index < -0.39 is 28.9 Å². The number of aromatic nitrogens is 2. The molecule has 1 heterocycles. The number of amides is 2. The number of carbonyl (C=O) groups is 2. The van der Waals surface area contributed by atoms with E-state index in [-0.39, 0.29) is 16.8 Å². The first-order valence-electron chi connectivity index (χ1n) is 9.25. The molecule has 2 amide bonds. The van der Waals surface area contributed by atoms with Crippen LogP contribution in [0.2, 0.25) is 5.02 Å². The second-order valence-corrected chi connectivity index (χ2v) is 7.46. The van der Waals surface area contributed by atoms with E-state index in [2.05, 4.69) is 15.3 Å². The molecule has 4 rings (SSSR count). The second kappa shape index (κ2) is 7.92. The molecule has 158 valence electrons. The molecule has 1 saturated carbocycles. The molecule has 7 nitrogen and oxygen atoms in total. The van der Waals surface area contributed by atoms with Gasteiger partial charge in [0.15, 0.2) is 0 Å². The number of carbonyl (C=O) groups excluding carboxylic acids is 2. The Morgan fingerprint density at radius 1 is 1.10 bits per heavy atom. The minimum Gasteiger partial charge on any atom is -0.369 e. The number of hydrogen-bond acceptors (Lipinski definition) is 5. The average molecular weight is 444 g/mol. The zero-order valence-electron chi connectivity index (χ0n) is 16.0. The van der Waals surface area contributed by atoms with Crippen LogP contribution in [0.1, 0.15) is 12.8 Å². The van der Waals surface area contributed by atoms with Crippen LogP contribution in [0.5, 0.6) is 0 Å². The fourth-order valence-electron chi connectivity index (χ4n) is 3.09. The minimum absolute atomic E-state index is 0.0820. The summed E-state index contributed by atoms with van der Waals surface area (Å²) in [6, 6.07) is 10.7. The molecule has 1 aliphatic rings. The Kier molecular flexibility index (Phi) is 5.28. The van der Waals surface area contributed by atoms with E-state index in [4.69, 9.17) is 17.3 Å². The van der Waals surface area contributed by atoms with Crippen molar-refractivity contribution >= 4 is 46.6 Å². The Morgan fingerprint density at radius 2 is 1.81 bits per heavy atom. The highest BCUT2D eigenvalue weighted by atomic mass is 35.5. The fraction of sp³-hybridized carbons (Fsp3) is 0.143. The van der Waals surface area contributed by atoms with Crippen LogP contribution in [-0.2, 0) is 9.59 Å². The molecule has 1 fully saturated rings. The number of halogens is 3. The van der Waals surface area contributed by atoms with E-state index in [1.807, 2.05) is 0 Å². The van der Waals surface area contributed by atoms with Crippen LogP contribution in [0.4, 0.5) is 31.9 Å². The summed E-state index contributed by atoms with van der Waals surface area (Å²) in [6.45, 7) is 0. The summed E-state index contributed by atoms with van der Waals surface area (Å²) in [6.07, 6.45) is 2.05. The lowest BCUT2D eigenvalue weighted by Crippen LogP contribution is -2.41. The molecule has 1 aromatic heterocycles. The van der Waals surface area contributed by atoms with Crippen molar-refractivity contribution in [1.29, 1.82) is 0 Å². The number of primary amides is 1. The van der Waals surface area contributed by atoms with Crippen molar-refractivity contribution in [2.45, 2.75) is 12.8 Å². The predicted octanol–water partition coefficient (Wildman–Crippen LogP) is 4.08. The molecule has 31 heavy (non-hydrogen) atoms. The van der Waals surface area contributed by atoms with Gasteiger partial charge >= 0.3 is 0 Å². The standard InChI is InChI=1S/C21H16ClF2N5O2/c22-15-11-13(3-6-16(15)24)27-20-26-10-7-17(28-20)29(14-4-1-12(23)2-5-14)19(31)21(8-9-21)18(25)30/h1-7,10-11H,8-9H2,(H2,25,30)(H,26,27,28). The Labute approximate surface area is 180 Å². The molecule has 0 bridgehead atoms. The second-order valence-electron chi connectivity index (χ2n) is 7.06. The zero-order valence-corrected chi connectivity index (χ0v) is 16.7. The van der Waals surface area contributed by atoms with E-state index in [9.17, 15) is 18.4 Å². The Balaban J connectivity index is 1.72. The number of nitrogens with zero attached hydrogens (tertiary/aromatic N) is 3. The highest BCUT2D eigenvalue weighted by Gasteiger charge is 2.57. The van der Waals surface area contributed by atoms with Gasteiger partial charge in [-0.25, -0.2) is 13.8 Å². The molecule has 1 aliphatic carbocycles. The Hall–Kier alpha value is -3.59. The van der Waals surface area contributed by atoms with Crippen LogP contribution in [0.25, 0.3) is 0 Å². The average Bonchev–Trinajstić information content (AvgIpc) is 3.55. The van der Waals surface area contributed by atoms with Gasteiger partial charge in [-0.15, -0.1) is 0 Å². The molecular formula is C21H16ClF2N5O2. The van der Waals surface area contributed by atoms with E-state index in [0.29, 0.717) is 24.2 Å². The van der Waals surface area contributed by atoms with Crippen molar-refractivity contribution in [2.24, 2.45) is 11.1 Å². The summed E-state index contributed by atoms with van der Waals surface area (Å²) in [5.74, 6) is -2.08. The molecule has 0 radical (unpaired) electrons. The quantitative estimate of drug-likeness (QED) is 0.559. The molecule has 3 N–H and O–H groups in total. The molecule has 0 spiro atoms. The smallest absolute Gasteiger partial charge is 0.248 e. The number of nitrogens with one attached hydrogen (secondary N) is 1. The molecule has 10 heteroatoms. The third kappa shape index (κ3) is 4.04. The molecule has 0 aliphatic heterocycles. The summed E-state index contributed by atoms with van der Waals surface area (Å²) in [5, 5.41) is 2.80. The van der Waals surface area contributed by atoms with Crippen LogP contribution in [0.15, 0.2) is 54.7 Å². The summed E-state index contributed by atoms with van der Waals surface area (Å²) in [7, 11) is 0. The van der Waals surface area contributed by atoms with E-state index >= 15 is 0 Å². The lowest BCUT2D eigenvalue weighted by Gasteiger charge is -2.25. The topological polar surface area (TPSA) is 101 Å². The first-order valence-corrected chi connectivity index (χ1v) is 9.63. The minimum atomic E-state index is -1.32. The molecule has 0 unspecified atom stereocenters. The molecular weight excluding hydrogens is 428 g/mol. The van der Waals surface area contributed by atoms with Gasteiger partial charge in [-0.05, 0) is 55.3 Å². The van der Waals surface area contributed by atoms with Crippen molar-refractivity contribution in [3.63, 3.8) is 0 Å². The monoisotopic (exact) mass is 443 g/mol. The number of nitrogens with two attached hydrogens (primary N) is 1. The third-order valence-corrected chi connectivity index (χ3v) is 5.25. The highest BCUT2D eigenvalue weighted by molar-refractivity contribution is 6.31. The van der Waals surface area contributed by atoms with Gasteiger partial charge < -0.3 is 11.1 Å². The Bertz CT molecular complexity index is 1170. The highest BCUT2D eigenvalue weighted by Crippen LogP contribution is 2.48. The number of hydrogen-bond donors (Lipinski definition) is 2. The van der Waals surface area contributed by atoms with Gasteiger partial charge in [0.1, 0.15) is 22.9 Å². The van der Waals surface area contributed by atoms with Gasteiger partial charge in [-0.3, -0.25) is 14.5 Å². The van der Waals surface area contributed by atoms with Crippen molar-refractivity contribution < 1.29 is 18.4 Å². The molecule has 2 aromatic carbocycles. The normalized spacial score (nSPS) is 14.0. The molecule has 0 saturated heterocycles. The predicted molar refractivity (Wildman–Crippen MR) is 111 cm³/mol. The maximum atomic E-state index is 13.4. The van der Waals surface area contributed by atoms with Gasteiger partial charge in [0.25, 0.3) is 0 Å². The maximum Gasteiger partial charge on any atom is 0.248 e. The molecule has 0 atom stereocenters. The molecule has 3 aromatic rings. The van der Waals surface area contributed by atoms with E-state index in [1.54, 1.807) is 0 Å². The Morgan fingerprint density at radius 3 is 2.42 bits per heavy atom. The maximum absolute atomic E-state index is 13.4. The zero-order chi connectivity index (χ0) is 22.2.